The van der Waals surface area contributed by atoms with Crippen LogP contribution in [0.3, 0.4) is 0 Å². The van der Waals surface area contributed by atoms with Crippen LogP contribution in [0, 0.1) is 5.92 Å². The molecule has 3 rings (SSSR count). The molecule has 1 heterocycles. The minimum atomic E-state index is -5.02. The first-order chi connectivity index (χ1) is 19.7. The van der Waals surface area contributed by atoms with E-state index in [1.165, 1.54) is 12.2 Å². The highest BCUT2D eigenvalue weighted by Gasteiger charge is 2.40. The summed E-state index contributed by atoms with van der Waals surface area (Å²) in [5, 5.41) is 5.80. The third-order valence-corrected chi connectivity index (χ3v) is 7.99. The molecule has 2 aliphatic rings. The lowest BCUT2D eigenvalue weighted by molar-refractivity contribution is -0.143. The zero-order valence-electron chi connectivity index (χ0n) is 23.7. The Balaban J connectivity index is 1.98. The number of hydrogen-bond acceptors (Lipinski definition) is 4. The number of benzene rings is 1. The van der Waals surface area contributed by atoms with Gasteiger partial charge in [-0.2, -0.15) is 26.3 Å². The van der Waals surface area contributed by atoms with Crippen LogP contribution in [0.15, 0.2) is 48.6 Å². The molecule has 0 radical (unpaired) electrons. The Kier molecular flexibility index (Phi) is 10.9. The summed E-state index contributed by atoms with van der Waals surface area (Å²) in [6.07, 6.45) is -0.200. The highest BCUT2D eigenvalue weighted by Crippen LogP contribution is 2.38. The molecular weight excluding hydrogens is 562 g/mol. The van der Waals surface area contributed by atoms with E-state index in [2.05, 4.69) is 17.2 Å². The topological polar surface area (TPSA) is 87.5 Å². The van der Waals surface area contributed by atoms with Crippen LogP contribution in [-0.2, 0) is 21.9 Å². The van der Waals surface area contributed by atoms with Crippen molar-refractivity contribution in [3.63, 3.8) is 0 Å². The number of likely N-dealkylation sites (N-methyl/N-ethyl adjacent to an activating group) is 1. The summed E-state index contributed by atoms with van der Waals surface area (Å²) in [7, 11) is 1.64. The number of alkyl halides is 6. The fraction of sp³-hybridized carbons (Fsp3) is 0.533. The number of likely N-dealkylation sites (tertiary alicyclic amines) is 1. The molecule has 3 atom stereocenters. The van der Waals surface area contributed by atoms with Crippen LogP contribution in [-0.4, -0.2) is 48.4 Å². The number of carbonyl (C=O) groups is 2. The Morgan fingerprint density at radius 1 is 1.00 bits per heavy atom. The minimum absolute atomic E-state index is 0.0449. The predicted molar refractivity (Wildman–Crippen MR) is 149 cm³/mol. The van der Waals surface area contributed by atoms with Crippen molar-refractivity contribution in [3.8, 4) is 0 Å². The number of amides is 2. The van der Waals surface area contributed by atoms with Crippen molar-refractivity contribution in [1.82, 2.24) is 15.5 Å². The van der Waals surface area contributed by atoms with Crippen molar-refractivity contribution < 1.29 is 35.9 Å². The van der Waals surface area contributed by atoms with Gasteiger partial charge in [-0.3, -0.25) is 9.59 Å². The van der Waals surface area contributed by atoms with Gasteiger partial charge in [-0.1, -0.05) is 38.0 Å². The van der Waals surface area contributed by atoms with Gasteiger partial charge < -0.3 is 21.3 Å². The van der Waals surface area contributed by atoms with Gasteiger partial charge >= 0.3 is 12.4 Å². The van der Waals surface area contributed by atoms with Gasteiger partial charge in [0.2, 0.25) is 11.8 Å². The first-order valence-corrected chi connectivity index (χ1v) is 14.0. The number of nitrogens with two attached hydrogens (primary N) is 1. The highest BCUT2D eigenvalue weighted by molar-refractivity contribution is 5.90. The number of nitrogens with zero attached hydrogens (tertiary/aromatic N) is 1. The summed E-state index contributed by atoms with van der Waals surface area (Å²) >= 11 is 0. The normalized spacial score (nSPS) is 20.8. The van der Waals surface area contributed by atoms with Crippen molar-refractivity contribution in [2.45, 2.75) is 82.3 Å². The van der Waals surface area contributed by atoms with Crippen molar-refractivity contribution >= 4 is 17.5 Å². The molecule has 0 spiro atoms. The molecule has 2 amide bonds. The fourth-order valence-corrected chi connectivity index (χ4v) is 5.59. The molecule has 42 heavy (non-hydrogen) atoms. The van der Waals surface area contributed by atoms with E-state index in [-0.39, 0.29) is 29.5 Å². The van der Waals surface area contributed by atoms with E-state index < -0.39 is 47.2 Å². The first-order valence-electron chi connectivity index (χ1n) is 14.0. The van der Waals surface area contributed by atoms with E-state index in [0.717, 1.165) is 32.1 Å². The number of carbonyl (C=O) groups excluding carboxylic acids is 2. The number of rotatable bonds is 9. The van der Waals surface area contributed by atoms with Gasteiger partial charge in [0, 0.05) is 12.2 Å². The molecule has 1 aliphatic heterocycles. The van der Waals surface area contributed by atoms with E-state index in [0.29, 0.717) is 37.1 Å². The van der Waals surface area contributed by atoms with Gasteiger partial charge in [0.05, 0.1) is 23.2 Å². The summed E-state index contributed by atoms with van der Waals surface area (Å²) < 4.78 is 80.6. The molecular formula is C30H38F6N4O2. The quantitative estimate of drug-likeness (QED) is 0.247. The Labute approximate surface area is 242 Å². The van der Waals surface area contributed by atoms with Crippen molar-refractivity contribution in [2.75, 3.05) is 13.6 Å². The smallest absolute Gasteiger partial charge is 0.398 e. The van der Waals surface area contributed by atoms with Crippen molar-refractivity contribution in [1.29, 1.82) is 0 Å². The summed E-state index contributed by atoms with van der Waals surface area (Å²) in [5.41, 5.74) is 2.81. The van der Waals surface area contributed by atoms with E-state index >= 15 is 0 Å². The van der Waals surface area contributed by atoms with Crippen molar-refractivity contribution in [2.24, 2.45) is 11.7 Å². The SMILES string of the molecule is C=C/C=C(\C=C(/N)c1cc(C(F)(F)F)cc(C(F)(F)F)c1)C1CCCN1C(=O)C(NC(=O)C(C)NC)C1CCCCC1. The van der Waals surface area contributed by atoms with Crippen LogP contribution in [0.1, 0.15) is 68.6 Å². The van der Waals surface area contributed by atoms with E-state index in [4.69, 9.17) is 5.73 Å². The molecule has 12 heteroatoms. The van der Waals surface area contributed by atoms with Crippen LogP contribution in [0.25, 0.3) is 5.70 Å². The summed E-state index contributed by atoms with van der Waals surface area (Å²) in [6.45, 7) is 5.74. The number of hydrogen-bond donors (Lipinski definition) is 3. The third kappa shape index (κ3) is 8.17. The molecule has 0 bridgehead atoms. The zero-order chi connectivity index (χ0) is 31.2. The molecule has 232 valence electrons. The molecule has 6 nitrogen and oxygen atoms in total. The van der Waals surface area contributed by atoms with Gasteiger partial charge in [-0.15, -0.1) is 0 Å². The molecule has 1 aliphatic carbocycles. The minimum Gasteiger partial charge on any atom is -0.398 e. The van der Waals surface area contributed by atoms with E-state index in [1.54, 1.807) is 24.9 Å². The number of allylic oxidation sites excluding steroid dienone is 2. The zero-order valence-corrected chi connectivity index (χ0v) is 23.7. The second-order valence-electron chi connectivity index (χ2n) is 10.9. The Hall–Kier alpha value is -3.28. The maximum atomic E-state index is 14.0. The summed E-state index contributed by atoms with van der Waals surface area (Å²) in [4.78, 5) is 28.4. The summed E-state index contributed by atoms with van der Waals surface area (Å²) in [6, 6.07) is -0.663. The second kappa shape index (κ2) is 13.8. The van der Waals surface area contributed by atoms with Crippen molar-refractivity contribution in [3.05, 3.63) is 65.3 Å². The fourth-order valence-electron chi connectivity index (χ4n) is 5.59. The number of nitrogens with one attached hydrogen (secondary N) is 2. The van der Waals surface area contributed by atoms with Gasteiger partial charge in [-0.05, 0) is 81.0 Å². The van der Waals surface area contributed by atoms with Gasteiger partial charge in [-0.25, -0.2) is 0 Å². The maximum Gasteiger partial charge on any atom is 0.416 e. The molecule has 1 saturated carbocycles. The Morgan fingerprint density at radius 2 is 1.60 bits per heavy atom. The standard InChI is InChI=1S/C30H38F6N4O2/c1-4-9-20(16-24(37)21-14-22(29(31,32)33)17-23(15-21)30(34,35)36)25-12-8-13-40(25)28(42)26(19-10-6-5-7-11-19)39-27(41)18(2)38-3/h4,9,14-19,25-26,38H,1,5-8,10-13,37H2,2-3H3,(H,39,41)/b20-9+,24-16-. The molecule has 1 aromatic carbocycles. The highest BCUT2D eigenvalue weighted by atomic mass is 19.4. The van der Waals surface area contributed by atoms with E-state index in [1.807, 2.05) is 0 Å². The van der Waals surface area contributed by atoms with Crippen LogP contribution in [0.4, 0.5) is 26.3 Å². The lowest BCUT2D eigenvalue weighted by Gasteiger charge is -2.36. The molecule has 1 aromatic rings. The van der Waals surface area contributed by atoms with Crippen LogP contribution in [0.2, 0.25) is 0 Å². The van der Waals surface area contributed by atoms with Gasteiger partial charge in [0.25, 0.3) is 0 Å². The molecule has 3 unspecified atom stereocenters. The Bertz CT molecular complexity index is 1170. The molecule has 2 fully saturated rings. The molecule has 1 saturated heterocycles. The average Bonchev–Trinajstić information content (AvgIpc) is 3.44. The first kappa shape index (κ1) is 33.2. The molecule has 4 N–H and O–H groups in total. The molecule has 0 aromatic heterocycles. The van der Waals surface area contributed by atoms with Gasteiger partial charge in [0.15, 0.2) is 0 Å². The lowest BCUT2D eigenvalue weighted by Crippen LogP contribution is -2.56. The number of halogens is 6. The van der Waals surface area contributed by atoms with Crippen LogP contribution < -0.4 is 16.4 Å². The monoisotopic (exact) mass is 600 g/mol. The summed E-state index contributed by atoms with van der Waals surface area (Å²) in [5.74, 6) is -0.645. The van der Waals surface area contributed by atoms with E-state index in [9.17, 15) is 35.9 Å². The third-order valence-electron chi connectivity index (χ3n) is 7.99. The van der Waals surface area contributed by atoms with Crippen LogP contribution >= 0.6 is 0 Å². The second-order valence-corrected chi connectivity index (χ2v) is 10.9. The Morgan fingerprint density at radius 3 is 2.12 bits per heavy atom. The van der Waals surface area contributed by atoms with Gasteiger partial charge in [0.1, 0.15) is 6.04 Å². The maximum absolute atomic E-state index is 14.0. The predicted octanol–water partition coefficient (Wildman–Crippen LogP) is 5.80. The largest absolute Gasteiger partial charge is 0.416 e. The average molecular weight is 601 g/mol. The van der Waals surface area contributed by atoms with Crippen LogP contribution in [0.5, 0.6) is 0 Å². The lowest BCUT2D eigenvalue weighted by atomic mass is 9.83.